The molecule has 0 N–H and O–H groups in total. The van der Waals surface area contributed by atoms with E-state index in [-0.39, 0.29) is 28.2 Å². The second-order valence-corrected chi connectivity index (χ2v) is 11.5. The standard InChI is InChI=1S/C21H26BrNO4S2/c1-14-18(15-7-3-2-4-8-15)26-20(25)23(14)19(24)16-13-21(28-11-6-12-29-21)27-17(16)9-5-10-22/h2-4,7-8,14,16-18H,5-6,9-13H2,1H3/t14-,16+,17-,18-/m1/s1. The molecular weight excluding hydrogens is 474 g/mol. The highest BCUT2D eigenvalue weighted by Gasteiger charge is 2.54. The highest BCUT2D eigenvalue weighted by Crippen LogP contribution is 2.54. The molecule has 5 nitrogen and oxygen atoms in total. The van der Waals surface area contributed by atoms with Gasteiger partial charge in [-0.1, -0.05) is 46.3 Å². The molecule has 1 spiro atoms. The van der Waals surface area contributed by atoms with E-state index in [1.165, 1.54) is 11.3 Å². The minimum atomic E-state index is -0.541. The van der Waals surface area contributed by atoms with Gasteiger partial charge in [0.15, 0.2) is 4.27 Å². The number of thioether (sulfide) groups is 2. The highest BCUT2D eigenvalue weighted by molar-refractivity contribution is 9.09. The second-order valence-electron chi connectivity index (χ2n) is 7.70. The third-order valence-corrected chi connectivity index (χ3v) is 9.42. The van der Waals surface area contributed by atoms with Crippen LogP contribution in [0.25, 0.3) is 0 Å². The van der Waals surface area contributed by atoms with E-state index in [0.717, 1.165) is 35.2 Å². The number of carbonyl (C=O) groups is 2. The minimum absolute atomic E-state index is 0.149. The molecule has 2 amide bonds. The van der Waals surface area contributed by atoms with Crippen molar-refractivity contribution < 1.29 is 19.1 Å². The van der Waals surface area contributed by atoms with Crippen molar-refractivity contribution in [3.8, 4) is 0 Å². The monoisotopic (exact) mass is 499 g/mol. The van der Waals surface area contributed by atoms with Crippen molar-refractivity contribution in [2.75, 3.05) is 16.8 Å². The Kier molecular flexibility index (Phi) is 6.83. The van der Waals surface area contributed by atoms with Crippen LogP contribution in [-0.4, -0.2) is 50.1 Å². The van der Waals surface area contributed by atoms with E-state index in [0.29, 0.717) is 6.42 Å². The van der Waals surface area contributed by atoms with E-state index < -0.39 is 12.2 Å². The molecule has 0 bridgehead atoms. The summed E-state index contributed by atoms with van der Waals surface area (Å²) < 4.78 is 11.7. The number of amides is 2. The van der Waals surface area contributed by atoms with Crippen LogP contribution >= 0.6 is 39.5 Å². The Labute approximate surface area is 188 Å². The molecule has 3 fully saturated rings. The number of nitrogens with zero attached hydrogens (tertiary/aromatic N) is 1. The lowest BCUT2D eigenvalue weighted by atomic mass is 9.95. The molecule has 4 atom stereocenters. The third kappa shape index (κ3) is 4.36. The summed E-state index contributed by atoms with van der Waals surface area (Å²) in [6.45, 7) is 1.89. The van der Waals surface area contributed by atoms with Crippen molar-refractivity contribution in [3.05, 3.63) is 35.9 Å². The summed E-state index contributed by atoms with van der Waals surface area (Å²) >= 11 is 7.12. The van der Waals surface area contributed by atoms with Crippen molar-refractivity contribution in [1.82, 2.24) is 4.90 Å². The lowest BCUT2D eigenvalue weighted by Crippen LogP contribution is -2.44. The topological polar surface area (TPSA) is 55.8 Å². The Morgan fingerprint density at radius 2 is 2.00 bits per heavy atom. The molecule has 0 aliphatic carbocycles. The number of cyclic esters (lactones) is 1. The molecule has 3 aliphatic rings. The summed E-state index contributed by atoms with van der Waals surface area (Å²) in [4.78, 5) is 27.6. The first-order valence-corrected chi connectivity index (χ1v) is 13.2. The van der Waals surface area contributed by atoms with Crippen molar-refractivity contribution in [2.24, 2.45) is 5.92 Å². The van der Waals surface area contributed by atoms with E-state index >= 15 is 0 Å². The maximum atomic E-state index is 13.6. The average molecular weight is 500 g/mol. The van der Waals surface area contributed by atoms with Gasteiger partial charge in [-0.05, 0) is 43.3 Å². The maximum Gasteiger partial charge on any atom is 0.417 e. The largest absolute Gasteiger partial charge is 0.439 e. The van der Waals surface area contributed by atoms with Gasteiger partial charge < -0.3 is 9.47 Å². The Hall–Kier alpha value is -0.700. The van der Waals surface area contributed by atoms with Gasteiger partial charge in [-0.2, -0.15) is 0 Å². The zero-order valence-corrected chi connectivity index (χ0v) is 19.6. The van der Waals surface area contributed by atoms with Gasteiger partial charge in [0.2, 0.25) is 5.91 Å². The Balaban J connectivity index is 1.54. The smallest absolute Gasteiger partial charge is 0.417 e. The first-order chi connectivity index (χ1) is 14.0. The summed E-state index contributed by atoms with van der Waals surface area (Å²) in [6, 6.07) is 9.30. The summed E-state index contributed by atoms with van der Waals surface area (Å²) in [7, 11) is 0. The van der Waals surface area contributed by atoms with Crippen molar-refractivity contribution in [3.63, 3.8) is 0 Å². The van der Waals surface area contributed by atoms with E-state index in [4.69, 9.17) is 9.47 Å². The van der Waals surface area contributed by atoms with Crippen LogP contribution in [-0.2, 0) is 14.3 Å². The molecule has 0 aromatic heterocycles. The molecule has 1 aromatic carbocycles. The number of alkyl halides is 1. The number of benzene rings is 1. The number of rotatable bonds is 5. The van der Waals surface area contributed by atoms with Crippen LogP contribution in [0.1, 0.15) is 44.3 Å². The molecular formula is C21H26BrNO4S2. The van der Waals surface area contributed by atoms with Gasteiger partial charge in [0.25, 0.3) is 0 Å². The lowest BCUT2D eigenvalue weighted by molar-refractivity contribution is -0.135. The van der Waals surface area contributed by atoms with Gasteiger partial charge in [0.1, 0.15) is 6.10 Å². The van der Waals surface area contributed by atoms with Crippen LogP contribution in [0, 0.1) is 5.92 Å². The van der Waals surface area contributed by atoms with Crippen molar-refractivity contribution in [1.29, 1.82) is 0 Å². The zero-order valence-electron chi connectivity index (χ0n) is 16.4. The minimum Gasteiger partial charge on any atom is -0.439 e. The van der Waals surface area contributed by atoms with Gasteiger partial charge in [-0.3, -0.25) is 4.79 Å². The van der Waals surface area contributed by atoms with Gasteiger partial charge in [0, 0.05) is 11.8 Å². The van der Waals surface area contributed by atoms with Gasteiger partial charge in [-0.25, -0.2) is 9.69 Å². The Morgan fingerprint density at radius 1 is 1.28 bits per heavy atom. The van der Waals surface area contributed by atoms with E-state index in [9.17, 15) is 9.59 Å². The molecule has 0 radical (unpaired) electrons. The first-order valence-electron chi connectivity index (χ1n) is 10.1. The molecule has 3 heterocycles. The average Bonchev–Trinajstić information content (AvgIpc) is 3.24. The first kappa shape index (κ1) is 21.5. The molecule has 29 heavy (non-hydrogen) atoms. The quantitative estimate of drug-likeness (QED) is 0.519. The van der Waals surface area contributed by atoms with Crippen LogP contribution in [0.2, 0.25) is 0 Å². The zero-order chi connectivity index (χ0) is 20.4. The SMILES string of the molecule is C[C@@H]1[C@H](c2ccccc2)OC(=O)N1C(=O)[C@H]1CC2(O[C@@H]1CCCBr)SCCCS2. The second kappa shape index (κ2) is 9.20. The fourth-order valence-electron chi connectivity index (χ4n) is 4.31. The summed E-state index contributed by atoms with van der Waals surface area (Å²) in [6.07, 6.45) is 2.44. The predicted molar refractivity (Wildman–Crippen MR) is 120 cm³/mol. The fraction of sp³-hybridized carbons (Fsp3) is 0.619. The highest BCUT2D eigenvalue weighted by atomic mass is 79.9. The van der Waals surface area contributed by atoms with Crippen LogP contribution in [0.3, 0.4) is 0 Å². The number of hydrogen-bond donors (Lipinski definition) is 0. The van der Waals surface area contributed by atoms with E-state index in [1.54, 1.807) is 0 Å². The molecule has 4 rings (SSSR count). The number of ether oxygens (including phenoxy) is 2. The molecule has 158 valence electrons. The number of carbonyl (C=O) groups excluding carboxylic acids is 2. The molecule has 0 saturated carbocycles. The molecule has 1 aromatic rings. The fourth-order valence-corrected chi connectivity index (χ4v) is 7.83. The normalized spacial score (nSPS) is 31.2. The van der Waals surface area contributed by atoms with Crippen molar-refractivity contribution in [2.45, 2.75) is 55.1 Å². The lowest BCUT2D eigenvalue weighted by Gasteiger charge is -2.31. The summed E-state index contributed by atoms with van der Waals surface area (Å²) in [5.41, 5.74) is 0.914. The van der Waals surface area contributed by atoms with Crippen LogP contribution in [0.4, 0.5) is 4.79 Å². The Morgan fingerprint density at radius 3 is 2.69 bits per heavy atom. The van der Waals surface area contributed by atoms with Gasteiger partial charge in [0.05, 0.1) is 18.1 Å². The number of hydrogen-bond acceptors (Lipinski definition) is 6. The van der Waals surface area contributed by atoms with Crippen molar-refractivity contribution >= 4 is 51.5 Å². The molecule has 3 saturated heterocycles. The van der Waals surface area contributed by atoms with Crippen LogP contribution in [0.5, 0.6) is 0 Å². The third-order valence-electron chi connectivity index (χ3n) is 5.76. The summed E-state index contributed by atoms with van der Waals surface area (Å²) in [5.74, 6) is 1.65. The van der Waals surface area contributed by atoms with Crippen LogP contribution < -0.4 is 0 Å². The molecule has 3 aliphatic heterocycles. The van der Waals surface area contributed by atoms with Gasteiger partial charge >= 0.3 is 6.09 Å². The Bertz CT molecular complexity index is 743. The van der Waals surface area contributed by atoms with E-state index in [2.05, 4.69) is 15.9 Å². The number of imide groups is 1. The number of halogens is 1. The molecule has 8 heteroatoms. The van der Waals surface area contributed by atoms with Gasteiger partial charge in [-0.15, -0.1) is 23.5 Å². The predicted octanol–water partition coefficient (Wildman–Crippen LogP) is 5.20. The van der Waals surface area contributed by atoms with Crippen LogP contribution in [0.15, 0.2) is 30.3 Å². The summed E-state index contributed by atoms with van der Waals surface area (Å²) in [5, 5.41) is 0.874. The maximum absolute atomic E-state index is 13.6. The van der Waals surface area contributed by atoms with E-state index in [1.807, 2.05) is 60.8 Å². The molecule has 0 unspecified atom stereocenters.